The molecule has 3 atom stereocenters. The number of carboxylic acid groups (broad SMARTS) is 1. The van der Waals surface area contributed by atoms with Gasteiger partial charge in [-0.3, -0.25) is 9.36 Å². The van der Waals surface area contributed by atoms with Gasteiger partial charge in [0, 0.05) is 12.0 Å². The number of aliphatic hydroxyl groups is 1. The molecular weight excluding hydrogens is 468 g/mol. The zero-order valence-electron chi connectivity index (χ0n) is 20.0. The summed E-state index contributed by atoms with van der Waals surface area (Å²) >= 11 is 0. The summed E-state index contributed by atoms with van der Waals surface area (Å²) in [6.45, 7) is 5.39. The second-order valence-corrected chi connectivity index (χ2v) is 10.8. The first-order valence-electron chi connectivity index (χ1n) is 11.5. The van der Waals surface area contributed by atoms with E-state index in [1.807, 2.05) is 44.2 Å². The van der Waals surface area contributed by atoms with Gasteiger partial charge in [-0.05, 0) is 61.1 Å². The first-order valence-corrected chi connectivity index (χ1v) is 12.8. The number of hydrogen-bond donors (Lipinski definition) is 3. The summed E-state index contributed by atoms with van der Waals surface area (Å²) in [4.78, 5) is 27.9. The van der Waals surface area contributed by atoms with Gasteiger partial charge in [-0.15, -0.1) is 0 Å². The lowest BCUT2D eigenvalue weighted by atomic mass is 9.74. The molecule has 35 heavy (non-hydrogen) atoms. The van der Waals surface area contributed by atoms with Crippen molar-refractivity contribution in [3.05, 3.63) is 89.4 Å². The average Bonchev–Trinajstić information content (AvgIpc) is 2.81. The lowest BCUT2D eigenvalue weighted by Crippen LogP contribution is -2.56. The molecule has 0 radical (unpaired) electrons. The van der Waals surface area contributed by atoms with Crippen LogP contribution < -0.4 is 0 Å². The van der Waals surface area contributed by atoms with Gasteiger partial charge in [-0.2, -0.15) is 0 Å². The van der Waals surface area contributed by atoms with Gasteiger partial charge in [0.2, 0.25) is 8.03 Å². The highest BCUT2D eigenvalue weighted by Crippen LogP contribution is 2.54. The highest BCUT2D eigenvalue weighted by molar-refractivity contribution is 7.41. The van der Waals surface area contributed by atoms with Crippen molar-refractivity contribution >= 4 is 14.0 Å². The quantitative estimate of drug-likeness (QED) is 0.325. The number of carboxylic acids is 1. The van der Waals surface area contributed by atoms with Crippen molar-refractivity contribution in [2.45, 2.75) is 50.8 Å². The molecule has 0 aliphatic rings. The minimum atomic E-state index is -3.86. The topological polar surface area (TPSA) is 108 Å². The molecule has 0 fully saturated rings. The van der Waals surface area contributed by atoms with E-state index in [1.165, 1.54) is 24.3 Å². The monoisotopic (exact) mass is 499 g/mol. The van der Waals surface area contributed by atoms with Gasteiger partial charge in [-0.25, -0.2) is 9.37 Å². The van der Waals surface area contributed by atoms with Crippen LogP contribution in [0.3, 0.4) is 0 Å². The van der Waals surface area contributed by atoms with Crippen LogP contribution in [0.4, 0.5) is 4.39 Å². The van der Waals surface area contributed by atoms with Crippen LogP contribution in [-0.2, 0) is 21.4 Å². The molecule has 0 saturated heterocycles. The van der Waals surface area contributed by atoms with E-state index in [2.05, 4.69) is 4.98 Å². The zero-order chi connectivity index (χ0) is 25.8. The van der Waals surface area contributed by atoms with E-state index < -0.39 is 30.6 Å². The van der Waals surface area contributed by atoms with Gasteiger partial charge < -0.3 is 15.1 Å². The smallest absolute Gasteiger partial charge is 0.322 e. The molecule has 0 aliphatic heterocycles. The predicted octanol–water partition coefficient (Wildman–Crippen LogP) is 5.35. The average molecular weight is 500 g/mol. The van der Waals surface area contributed by atoms with E-state index in [4.69, 9.17) is 0 Å². The molecule has 6 nitrogen and oxygen atoms in total. The molecule has 0 amide bonds. The molecule has 0 saturated carbocycles. The van der Waals surface area contributed by atoms with Crippen LogP contribution in [-0.4, -0.2) is 31.2 Å². The SMILES string of the molecule is Cc1cc(F)ccc1CC(O)(c1cccc(-c2ccccc2)n1)C(CCC(C)C)(C(=O)O)[PH](=O)O. The first kappa shape index (κ1) is 26.7. The number of nitrogens with zero attached hydrogens (tertiary/aromatic N) is 1. The van der Waals surface area contributed by atoms with E-state index in [-0.39, 0.29) is 24.5 Å². The Morgan fingerprint density at radius 3 is 2.34 bits per heavy atom. The lowest BCUT2D eigenvalue weighted by molar-refractivity contribution is -0.151. The van der Waals surface area contributed by atoms with Gasteiger partial charge in [0.05, 0.1) is 11.4 Å². The summed E-state index contributed by atoms with van der Waals surface area (Å²) in [6, 6.07) is 17.9. The van der Waals surface area contributed by atoms with Gasteiger partial charge >= 0.3 is 5.97 Å². The third kappa shape index (κ3) is 5.37. The van der Waals surface area contributed by atoms with Crippen LogP contribution in [0.2, 0.25) is 0 Å². The minimum absolute atomic E-state index is 0.0236. The summed E-state index contributed by atoms with van der Waals surface area (Å²) in [7, 11) is -3.86. The van der Waals surface area contributed by atoms with Crippen LogP contribution in [0.1, 0.15) is 43.5 Å². The Labute approximate surface area is 205 Å². The Hall–Kier alpha value is -2.86. The maximum Gasteiger partial charge on any atom is 0.322 e. The van der Waals surface area contributed by atoms with E-state index >= 15 is 0 Å². The van der Waals surface area contributed by atoms with Crippen LogP contribution in [0.25, 0.3) is 11.3 Å². The van der Waals surface area contributed by atoms with Crippen molar-refractivity contribution in [2.24, 2.45) is 5.92 Å². The maximum absolute atomic E-state index is 13.8. The second-order valence-electron chi connectivity index (χ2n) is 9.33. The fourth-order valence-electron chi connectivity index (χ4n) is 4.40. The van der Waals surface area contributed by atoms with Crippen LogP contribution in [0.5, 0.6) is 0 Å². The molecule has 1 aromatic heterocycles. The van der Waals surface area contributed by atoms with E-state index in [1.54, 1.807) is 19.1 Å². The predicted molar refractivity (Wildman–Crippen MR) is 134 cm³/mol. The van der Waals surface area contributed by atoms with Crippen molar-refractivity contribution in [3.63, 3.8) is 0 Å². The molecule has 3 rings (SSSR count). The fraction of sp³-hybridized carbons (Fsp3) is 0.333. The Morgan fingerprint density at radius 1 is 1.09 bits per heavy atom. The van der Waals surface area contributed by atoms with Crippen molar-refractivity contribution < 1.29 is 28.9 Å². The number of aromatic nitrogens is 1. The number of aliphatic carboxylic acids is 1. The summed E-state index contributed by atoms with van der Waals surface area (Å²) in [5.74, 6) is -2.02. The van der Waals surface area contributed by atoms with Crippen LogP contribution in [0.15, 0.2) is 66.7 Å². The van der Waals surface area contributed by atoms with Crippen molar-refractivity contribution in [3.8, 4) is 11.3 Å². The summed E-state index contributed by atoms with van der Waals surface area (Å²) < 4.78 is 26.7. The zero-order valence-corrected chi connectivity index (χ0v) is 21.0. The van der Waals surface area contributed by atoms with Gasteiger partial charge in [0.1, 0.15) is 11.4 Å². The third-order valence-electron chi connectivity index (χ3n) is 6.53. The van der Waals surface area contributed by atoms with Crippen molar-refractivity contribution in [1.82, 2.24) is 4.98 Å². The van der Waals surface area contributed by atoms with Crippen LogP contribution >= 0.6 is 8.03 Å². The number of hydrogen-bond acceptors (Lipinski definition) is 4. The highest BCUT2D eigenvalue weighted by atomic mass is 31.1. The van der Waals surface area contributed by atoms with E-state index in [0.717, 1.165) is 5.56 Å². The Kier molecular flexibility index (Phi) is 8.26. The third-order valence-corrected chi connectivity index (χ3v) is 8.13. The molecule has 0 aliphatic carbocycles. The first-order chi connectivity index (χ1) is 16.5. The maximum atomic E-state index is 13.8. The lowest BCUT2D eigenvalue weighted by Gasteiger charge is -2.43. The van der Waals surface area contributed by atoms with E-state index in [9.17, 15) is 28.9 Å². The highest BCUT2D eigenvalue weighted by Gasteiger charge is 2.61. The van der Waals surface area contributed by atoms with E-state index in [0.29, 0.717) is 23.2 Å². The molecule has 3 unspecified atom stereocenters. The number of pyridine rings is 1. The van der Waals surface area contributed by atoms with Gasteiger partial charge in [-0.1, -0.05) is 56.3 Å². The molecule has 1 heterocycles. The number of halogens is 1. The molecule has 0 spiro atoms. The number of aryl methyl sites for hydroxylation is 1. The van der Waals surface area contributed by atoms with Gasteiger partial charge in [0.25, 0.3) is 0 Å². The molecule has 3 aromatic rings. The van der Waals surface area contributed by atoms with Gasteiger partial charge in [0.15, 0.2) is 5.16 Å². The summed E-state index contributed by atoms with van der Waals surface area (Å²) in [5.41, 5.74) is -0.206. The summed E-state index contributed by atoms with van der Waals surface area (Å²) in [6.07, 6.45) is -0.264. The molecule has 0 bridgehead atoms. The molecule has 8 heteroatoms. The Bertz CT molecular complexity index is 1200. The molecular formula is C27H31FNO5P. The number of rotatable bonds is 10. The van der Waals surface area contributed by atoms with Crippen LogP contribution in [0, 0.1) is 18.7 Å². The molecule has 3 N–H and O–H groups in total. The largest absolute Gasteiger partial charge is 0.480 e. The van der Waals surface area contributed by atoms with Crippen molar-refractivity contribution in [2.75, 3.05) is 0 Å². The second kappa shape index (κ2) is 10.8. The Balaban J connectivity index is 2.29. The normalized spacial score (nSPS) is 15.9. The number of benzene rings is 2. The number of carbonyl (C=O) groups is 1. The van der Waals surface area contributed by atoms with Crippen molar-refractivity contribution in [1.29, 1.82) is 0 Å². The standard InChI is InChI=1S/C27H31FNO5P/c1-18(2)14-15-27(25(30)31,35(33)34)26(32,17-21-12-13-22(28)16-19(21)3)24-11-7-10-23(29-24)20-8-5-4-6-9-20/h4-13,16,18,32,35H,14-15,17H2,1-3H3,(H,30,31)(H,33,34). The minimum Gasteiger partial charge on any atom is -0.480 e. The summed E-state index contributed by atoms with van der Waals surface area (Å²) in [5, 5.41) is 20.3. The molecule has 2 aromatic carbocycles. The molecule has 186 valence electrons. The Morgan fingerprint density at radius 2 is 1.77 bits per heavy atom. The fourth-order valence-corrected chi connectivity index (χ4v) is 5.51.